The van der Waals surface area contributed by atoms with E-state index in [9.17, 15) is 18.0 Å². The van der Waals surface area contributed by atoms with Crippen molar-refractivity contribution in [1.82, 2.24) is 14.1 Å². The Morgan fingerprint density at radius 1 is 0.895 bits per heavy atom. The van der Waals surface area contributed by atoms with E-state index >= 15 is 0 Å². The molecule has 2 saturated heterocycles. The second-order valence-corrected chi connectivity index (χ2v) is 10.9. The third kappa shape index (κ3) is 5.78. The van der Waals surface area contributed by atoms with Gasteiger partial charge in [-0.15, -0.1) is 0 Å². The molecular formula is C26H29N5O6S. The quantitative estimate of drug-likeness (QED) is 0.478. The first-order valence-electron chi connectivity index (χ1n) is 12.4. The SMILES string of the molecule is O=C(Nc1cc(S(=O)(=O)N2CCOCC2)ccc1N1CCOCC1)c1ccc(=O)n(Cc2ccccc2)n1. The predicted octanol–water partition coefficient (Wildman–Crippen LogP) is 1.40. The molecular weight excluding hydrogens is 510 g/mol. The minimum atomic E-state index is -3.78. The predicted molar refractivity (Wildman–Crippen MR) is 141 cm³/mol. The summed E-state index contributed by atoms with van der Waals surface area (Å²) in [5, 5.41) is 7.11. The first-order chi connectivity index (χ1) is 18.4. The summed E-state index contributed by atoms with van der Waals surface area (Å²) >= 11 is 0. The molecule has 1 aromatic heterocycles. The van der Waals surface area contributed by atoms with Crippen LogP contribution in [0.5, 0.6) is 0 Å². The van der Waals surface area contributed by atoms with Gasteiger partial charge in [-0.25, -0.2) is 13.1 Å². The van der Waals surface area contributed by atoms with E-state index in [0.717, 1.165) is 5.56 Å². The number of hydrogen-bond donors (Lipinski definition) is 1. The number of aromatic nitrogens is 2. The van der Waals surface area contributed by atoms with Gasteiger partial charge >= 0.3 is 0 Å². The van der Waals surface area contributed by atoms with E-state index in [4.69, 9.17) is 9.47 Å². The molecule has 200 valence electrons. The van der Waals surface area contributed by atoms with Crippen LogP contribution in [0.3, 0.4) is 0 Å². The maximum absolute atomic E-state index is 13.3. The molecule has 11 nitrogen and oxygen atoms in total. The molecule has 2 aliphatic heterocycles. The van der Waals surface area contributed by atoms with Crippen molar-refractivity contribution in [2.24, 2.45) is 0 Å². The molecule has 0 unspecified atom stereocenters. The zero-order chi connectivity index (χ0) is 26.5. The Bertz CT molecular complexity index is 1450. The van der Waals surface area contributed by atoms with Gasteiger partial charge in [0.05, 0.1) is 49.2 Å². The molecule has 0 spiro atoms. The van der Waals surface area contributed by atoms with E-state index in [0.29, 0.717) is 50.9 Å². The van der Waals surface area contributed by atoms with Crippen LogP contribution >= 0.6 is 0 Å². The van der Waals surface area contributed by atoms with E-state index < -0.39 is 15.9 Å². The third-order valence-corrected chi connectivity index (χ3v) is 8.34. The van der Waals surface area contributed by atoms with Gasteiger partial charge in [0, 0.05) is 32.2 Å². The molecule has 2 fully saturated rings. The fourth-order valence-electron chi connectivity index (χ4n) is 4.42. The largest absolute Gasteiger partial charge is 0.379 e. The molecule has 0 saturated carbocycles. The van der Waals surface area contributed by atoms with Crippen molar-refractivity contribution < 1.29 is 22.7 Å². The molecule has 0 aliphatic carbocycles. The van der Waals surface area contributed by atoms with Crippen molar-refractivity contribution in [2.45, 2.75) is 11.4 Å². The van der Waals surface area contributed by atoms with Crippen LogP contribution in [-0.4, -0.2) is 81.0 Å². The highest BCUT2D eigenvalue weighted by atomic mass is 32.2. The molecule has 2 aliphatic rings. The Kier molecular flexibility index (Phi) is 7.84. The van der Waals surface area contributed by atoms with Gasteiger partial charge in [-0.1, -0.05) is 30.3 Å². The summed E-state index contributed by atoms with van der Waals surface area (Å²) in [5.74, 6) is -0.553. The van der Waals surface area contributed by atoms with E-state index in [2.05, 4.69) is 10.4 Å². The fourth-order valence-corrected chi connectivity index (χ4v) is 5.85. The van der Waals surface area contributed by atoms with Gasteiger partial charge in [0.25, 0.3) is 11.5 Å². The lowest BCUT2D eigenvalue weighted by Gasteiger charge is -2.31. The Morgan fingerprint density at radius 3 is 2.29 bits per heavy atom. The van der Waals surface area contributed by atoms with Gasteiger partial charge in [-0.3, -0.25) is 9.59 Å². The number of hydrogen-bond acceptors (Lipinski definition) is 8. The average molecular weight is 540 g/mol. The van der Waals surface area contributed by atoms with Crippen LogP contribution in [0.25, 0.3) is 0 Å². The molecule has 2 aromatic carbocycles. The van der Waals surface area contributed by atoms with Crippen LogP contribution in [0.15, 0.2) is 70.4 Å². The van der Waals surface area contributed by atoms with Crippen LogP contribution in [0.2, 0.25) is 0 Å². The highest BCUT2D eigenvalue weighted by Crippen LogP contribution is 2.31. The van der Waals surface area contributed by atoms with Crippen molar-refractivity contribution in [3.8, 4) is 0 Å². The van der Waals surface area contributed by atoms with Crippen molar-refractivity contribution >= 4 is 27.3 Å². The number of sulfonamides is 1. The number of morpholine rings is 2. The summed E-state index contributed by atoms with van der Waals surface area (Å²) in [6.07, 6.45) is 0. The number of anilines is 2. The Balaban J connectivity index is 1.45. The van der Waals surface area contributed by atoms with Crippen LogP contribution in [0, 0.1) is 0 Å². The lowest BCUT2D eigenvalue weighted by Crippen LogP contribution is -2.40. The molecule has 0 atom stereocenters. The first-order valence-corrected chi connectivity index (χ1v) is 13.8. The van der Waals surface area contributed by atoms with Gasteiger partial charge < -0.3 is 19.7 Å². The lowest BCUT2D eigenvalue weighted by atomic mass is 10.2. The lowest BCUT2D eigenvalue weighted by molar-refractivity contribution is 0.0730. The zero-order valence-corrected chi connectivity index (χ0v) is 21.6. The van der Waals surface area contributed by atoms with Gasteiger partial charge in [0.1, 0.15) is 5.69 Å². The standard InChI is InChI=1S/C26H29N5O6S/c32-25-9-7-22(28-31(25)19-20-4-2-1-3-5-20)26(33)27-23-18-21(38(34,35)30-12-16-37-17-13-30)6-8-24(23)29-10-14-36-15-11-29/h1-9,18H,10-17,19H2,(H,27,33). The minimum Gasteiger partial charge on any atom is -0.379 e. The van der Waals surface area contributed by atoms with Crippen molar-refractivity contribution in [3.05, 3.63) is 82.3 Å². The number of carbonyl (C=O) groups is 1. The minimum absolute atomic E-state index is 0.0369. The summed E-state index contributed by atoms with van der Waals surface area (Å²) in [6.45, 7) is 3.65. The Hall–Kier alpha value is -3.58. The number of carbonyl (C=O) groups excluding carboxylic acids is 1. The fraction of sp³-hybridized carbons (Fsp3) is 0.346. The van der Waals surface area contributed by atoms with Crippen LogP contribution in [-0.2, 0) is 26.0 Å². The molecule has 3 heterocycles. The summed E-state index contributed by atoms with van der Waals surface area (Å²) in [4.78, 5) is 27.8. The third-order valence-electron chi connectivity index (χ3n) is 6.45. The van der Waals surface area contributed by atoms with E-state index in [1.54, 1.807) is 12.1 Å². The first kappa shape index (κ1) is 26.0. The number of amides is 1. The second kappa shape index (κ2) is 11.4. The van der Waals surface area contributed by atoms with E-state index in [1.807, 2.05) is 35.2 Å². The zero-order valence-electron chi connectivity index (χ0n) is 20.8. The van der Waals surface area contributed by atoms with Crippen molar-refractivity contribution in [3.63, 3.8) is 0 Å². The topological polar surface area (TPSA) is 123 Å². The molecule has 5 rings (SSSR count). The van der Waals surface area contributed by atoms with Crippen molar-refractivity contribution in [2.75, 3.05) is 62.8 Å². The number of nitrogens with one attached hydrogen (secondary N) is 1. The summed E-state index contributed by atoms with van der Waals surface area (Å²) < 4.78 is 40.0. The smallest absolute Gasteiger partial charge is 0.276 e. The Morgan fingerprint density at radius 2 is 1.58 bits per heavy atom. The maximum Gasteiger partial charge on any atom is 0.276 e. The van der Waals surface area contributed by atoms with E-state index in [1.165, 1.54) is 27.2 Å². The number of benzene rings is 2. The summed E-state index contributed by atoms with van der Waals surface area (Å²) in [6, 6.07) is 16.8. The molecule has 1 N–H and O–H groups in total. The monoisotopic (exact) mass is 539 g/mol. The second-order valence-electron chi connectivity index (χ2n) is 8.95. The van der Waals surface area contributed by atoms with Crippen LogP contribution < -0.4 is 15.8 Å². The molecule has 0 bridgehead atoms. The average Bonchev–Trinajstić information content (AvgIpc) is 2.95. The van der Waals surface area contributed by atoms with Crippen LogP contribution in [0.4, 0.5) is 11.4 Å². The molecule has 12 heteroatoms. The molecule has 0 radical (unpaired) electrons. The van der Waals surface area contributed by atoms with Gasteiger partial charge in [0.15, 0.2) is 0 Å². The van der Waals surface area contributed by atoms with Gasteiger partial charge in [-0.2, -0.15) is 9.40 Å². The molecule has 3 aromatic rings. The Labute approximate surface area is 220 Å². The molecule has 1 amide bonds. The number of nitrogens with zero attached hydrogens (tertiary/aromatic N) is 4. The number of rotatable bonds is 7. The van der Waals surface area contributed by atoms with Gasteiger partial charge in [-0.05, 0) is 29.8 Å². The van der Waals surface area contributed by atoms with Crippen molar-refractivity contribution in [1.29, 1.82) is 0 Å². The number of ether oxygens (including phenoxy) is 2. The van der Waals surface area contributed by atoms with Gasteiger partial charge in [0.2, 0.25) is 10.0 Å². The summed E-state index contributed by atoms with van der Waals surface area (Å²) in [7, 11) is -3.78. The summed E-state index contributed by atoms with van der Waals surface area (Å²) in [5.41, 5.74) is 1.59. The highest BCUT2D eigenvalue weighted by Gasteiger charge is 2.28. The maximum atomic E-state index is 13.3. The van der Waals surface area contributed by atoms with E-state index in [-0.39, 0.29) is 35.8 Å². The van der Waals surface area contributed by atoms with Crippen LogP contribution in [0.1, 0.15) is 16.1 Å². The highest BCUT2D eigenvalue weighted by molar-refractivity contribution is 7.89. The normalized spacial score (nSPS) is 16.8. The molecule has 38 heavy (non-hydrogen) atoms.